The third kappa shape index (κ3) is 5.03. The Kier molecular flexibility index (Phi) is 7.14. The summed E-state index contributed by atoms with van der Waals surface area (Å²) in [5.74, 6) is 0. The zero-order valence-electron chi connectivity index (χ0n) is 10.7. The Morgan fingerprint density at radius 2 is 1.80 bits per heavy atom. The van der Waals surface area contributed by atoms with Gasteiger partial charge in [-0.3, -0.25) is 0 Å². The van der Waals surface area contributed by atoms with Crippen molar-refractivity contribution < 1.29 is 0 Å². The standard InChI is InChI=1S/C13H26N2/c1-7-9-13(10(3)4)15-11(5)12(8-2)14-6/h12-15H,3,5,7-9H2,1-2,4,6H3. The van der Waals surface area contributed by atoms with Gasteiger partial charge in [0.2, 0.25) is 0 Å². The molecule has 15 heavy (non-hydrogen) atoms. The normalized spacial score (nSPS) is 14.4. The topological polar surface area (TPSA) is 24.1 Å². The van der Waals surface area contributed by atoms with Crippen molar-refractivity contribution in [2.24, 2.45) is 0 Å². The molecule has 0 aliphatic carbocycles. The van der Waals surface area contributed by atoms with E-state index in [0.717, 1.165) is 25.0 Å². The summed E-state index contributed by atoms with van der Waals surface area (Å²) < 4.78 is 0. The van der Waals surface area contributed by atoms with Gasteiger partial charge in [0.25, 0.3) is 0 Å². The number of likely N-dealkylation sites (N-methyl/N-ethyl adjacent to an activating group) is 1. The predicted molar refractivity (Wildman–Crippen MR) is 68.9 cm³/mol. The lowest BCUT2D eigenvalue weighted by molar-refractivity contribution is 0.514. The van der Waals surface area contributed by atoms with Crippen LogP contribution in [0.25, 0.3) is 0 Å². The maximum atomic E-state index is 4.09. The van der Waals surface area contributed by atoms with Crippen LogP contribution in [0.4, 0.5) is 0 Å². The highest BCUT2D eigenvalue weighted by Crippen LogP contribution is 2.10. The van der Waals surface area contributed by atoms with Gasteiger partial charge in [-0.2, -0.15) is 0 Å². The lowest BCUT2D eigenvalue weighted by atomic mass is 10.0. The third-order valence-electron chi connectivity index (χ3n) is 2.71. The molecule has 0 aromatic rings. The minimum absolute atomic E-state index is 0.351. The monoisotopic (exact) mass is 210 g/mol. The number of nitrogens with one attached hydrogen (secondary N) is 2. The Morgan fingerprint density at radius 1 is 1.20 bits per heavy atom. The SMILES string of the molecule is C=C(C)C(CCC)NC(=C)C(CC)NC. The van der Waals surface area contributed by atoms with Gasteiger partial charge in [-0.1, -0.05) is 39.0 Å². The Hall–Kier alpha value is -0.760. The van der Waals surface area contributed by atoms with E-state index in [-0.39, 0.29) is 0 Å². The molecule has 2 atom stereocenters. The molecule has 0 heterocycles. The van der Waals surface area contributed by atoms with E-state index in [9.17, 15) is 0 Å². The zero-order chi connectivity index (χ0) is 11.8. The lowest BCUT2D eigenvalue weighted by Gasteiger charge is -2.25. The van der Waals surface area contributed by atoms with Gasteiger partial charge in [0.1, 0.15) is 0 Å². The van der Waals surface area contributed by atoms with Crippen molar-refractivity contribution in [2.75, 3.05) is 7.05 Å². The van der Waals surface area contributed by atoms with Gasteiger partial charge in [-0.15, -0.1) is 0 Å². The van der Waals surface area contributed by atoms with Crippen LogP contribution in [0.3, 0.4) is 0 Å². The third-order valence-corrected chi connectivity index (χ3v) is 2.71. The van der Waals surface area contributed by atoms with Crippen LogP contribution in [0.2, 0.25) is 0 Å². The molecule has 0 saturated heterocycles. The summed E-state index contributed by atoms with van der Waals surface area (Å²) in [4.78, 5) is 0. The maximum absolute atomic E-state index is 4.09. The minimum Gasteiger partial charge on any atom is -0.381 e. The largest absolute Gasteiger partial charge is 0.381 e. The molecule has 0 amide bonds. The van der Waals surface area contributed by atoms with Gasteiger partial charge in [0.05, 0.1) is 0 Å². The van der Waals surface area contributed by atoms with Crippen molar-refractivity contribution in [2.45, 2.75) is 52.1 Å². The fourth-order valence-electron chi connectivity index (χ4n) is 1.68. The molecular weight excluding hydrogens is 184 g/mol. The molecule has 0 aliphatic rings. The summed E-state index contributed by atoms with van der Waals surface area (Å²) in [7, 11) is 1.97. The van der Waals surface area contributed by atoms with Crippen molar-refractivity contribution in [3.8, 4) is 0 Å². The molecule has 88 valence electrons. The van der Waals surface area contributed by atoms with Gasteiger partial charge in [-0.25, -0.2) is 0 Å². The van der Waals surface area contributed by atoms with Crippen LogP contribution in [0.5, 0.6) is 0 Å². The summed E-state index contributed by atoms with van der Waals surface area (Å²) in [5, 5.41) is 6.71. The molecule has 0 bridgehead atoms. The van der Waals surface area contributed by atoms with Crippen molar-refractivity contribution in [1.29, 1.82) is 0 Å². The number of rotatable bonds is 8. The summed E-state index contributed by atoms with van der Waals surface area (Å²) in [6.45, 7) is 14.5. The van der Waals surface area contributed by atoms with Crippen LogP contribution in [-0.2, 0) is 0 Å². The van der Waals surface area contributed by atoms with E-state index < -0.39 is 0 Å². The van der Waals surface area contributed by atoms with Gasteiger partial charge in [0.15, 0.2) is 0 Å². The van der Waals surface area contributed by atoms with E-state index >= 15 is 0 Å². The van der Waals surface area contributed by atoms with Gasteiger partial charge < -0.3 is 10.6 Å². The van der Waals surface area contributed by atoms with Crippen LogP contribution in [0, 0.1) is 0 Å². The Bertz CT molecular complexity index is 205. The molecule has 2 heteroatoms. The zero-order valence-corrected chi connectivity index (χ0v) is 10.7. The second-order valence-electron chi connectivity index (χ2n) is 4.11. The molecule has 0 rings (SSSR count). The van der Waals surface area contributed by atoms with Crippen molar-refractivity contribution >= 4 is 0 Å². The number of hydrogen-bond acceptors (Lipinski definition) is 2. The molecule has 2 N–H and O–H groups in total. The Morgan fingerprint density at radius 3 is 2.13 bits per heavy atom. The first-order valence-corrected chi connectivity index (χ1v) is 5.84. The van der Waals surface area contributed by atoms with E-state index in [1.807, 2.05) is 7.05 Å². The summed E-state index contributed by atoms with van der Waals surface area (Å²) in [6.07, 6.45) is 3.33. The molecule has 0 aliphatic heterocycles. The molecule has 0 saturated carbocycles. The molecule has 0 fully saturated rings. The van der Waals surface area contributed by atoms with Crippen LogP contribution >= 0.6 is 0 Å². The first kappa shape index (κ1) is 14.2. The summed E-state index contributed by atoms with van der Waals surface area (Å²) >= 11 is 0. The second-order valence-corrected chi connectivity index (χ2v) is 4.11. The molecule has 2 nitrogen and oxygen atoms in total. The Labute approximate surface area is 94.8 Å². The van der Waals surface area contributed by atoms with Crippen LogP contribution in [-0.4, -0.2) is 19.1 Å². The highest BCUT2D eigenvalue weighted by atomic mass is 15.0. The molecule has 2 unspecified atom stereocenters. The van der Waals surface area contributed by atoms with Gasteiger partial charge in [0, 0.05) is 17.8 Å². The molecule has 0 aromatic carbocycles. The van der Waals surface area contributed by atoms with Crippen molar-refractivity contribution in [3.63, 3.8) is 0 Å². The average Bonchev–Trinajstić information content (AvgIpc) is 2.18. The predicted octanol–water partition coefficient (Wildman–Crippen LogP) is 2.83. The fraction of sp³-hybridized carbons (Fsp3) is 0.692. The van der Waals surface area contributed by atoms with E-state index in [2.05, 4.69) is 44.6 Å². The van der Waals surface area contributed by atoms with E-state index in [0.29, 0.717) is 12.1 Å². The Balaban J connectivity index is 4.27. The van der Waals surface area contributed by atoms with Crippen LogP contribution in [0.15, 0.2) is 24.4 Å². The van der Waals surface area contributed by atoms with Gasteiger partial charge in [-0.05, 0) is 26.8 Å². The van der Waals surface area contributed by atoms with Gasteiger partial charge >= 0.3 is 0 Å². The smallest absolute Gasteiger partial charge is 0.0465 e. The molecule has 0 radical (unpaired) electrons. The van der Waals surface area contributed by atoms with Crippen LogP contribution in [0.1, 0.15) is 40.0 Å². The summed E-state index contributed by atoms with van der Waals surface area (Å²) in [5.41, 5.74) is 2.26. The second kappa shape index (κ2) is 7.52. The maximum Gasteiger partial charge on any atom is 0.0465 e. The summed E-state index contributed by atoms with van der Waals surface area (Å²) in [6, 6.07) is 0.716. The van der Waals surface area contributed by atoms with E-state index in [4.69, 9.17) is 0 Å². The highest BCUT2D eigenvalue weighted by Gasteiger charge is 2.13. The number of hydrogen-bond donors (Lipinski definition) is 2. The minimum atomic E-state index is 0.351. The lowest BCUT2D eigenvalue weighted by Crippen LogP contribution is -2.38. The van der Waals surface area contributed by atoms with E-state index in [1.165, 1.54) is 5.57 Å². The average molecular weight is 210 g/mol. The van der Waals surface area contributed by atoms with Crippen molar-refractivity contribution in [3.05, 3.63) is 24.4 Å². The first-order chi connectivity index (χ1) is 7.06. The molecular formula is C13H26N2. The first-order valence-electron chi connectivity index (χ1n) is 5.84. The molecule has 0 spiro atoms. The highest BCUT2D eigenvalue weighted by molar-refractivity contribution is 5.11. The fourth-order valence-corrected chi connectivity index (χ4v) is 1.68. The van der Waals surface area contributed by atoms with Crippen molar-refractivity contribution in [1.82, 2.24) is 10.6 Å². The van der Waals surface area contributed by atoms with Crippen LogP contribution < -0.4 is 10.6 Å². The quantitative estimate of drug-likeness (QED) is 0.602. The molecule has 0 aromatic heterocycles. The van der Waals surface area contributed by atoms with E-state index in [1.54, 1.807) is 0 Å².